The summed E-state index contributed by atoms with van der Waals surface area (Å²) in [7, 11) is -2.67. The molecule has 0 aromatic heterocycles. The molecule has 1 aromatic rings. The number of sulfonamides is 1. The van der Waals surface area contributed by atoms with Crippen molar-refractivity contribution in [1.29, 1.82) is 0 Å². The minimum atomic E-state index is -4.24. The largest absolute Gasteiger partial charge is 0.444 e. The number of para-hydroxylation sites is 1. The number of likely N-dealkylation sites (tertiary alicyclic amines) is 1. The van der Waals surface area contributed by atoms with Crippen LogP contribution in [0, 0.1) is 11.8 Å². The number of benzene rings is 1. The molecule has 1 aromatic carbocycles. The van der Waals surface area contributed by atoms with Gasteiger partial charge in [0.15, 0.2) is 0 Å². The van der Waals surface area contributed by atoms with E-state index in [0.717, 1.165) is 0 Å². The number of amides is 4. The number of carbonyl (C=O) groups is 4. The van der Waals surface area contributed by atoms with E-state index in [1.165, 1.54) is 12.1 Å². The van der Waals surface area contributed by atoms with Crippen LogP contribution in [0.1, 0.15) is 60.3 Å². The van der Waals surface area contributed by atoms with E-state index >= 15 is 0 Å². The fraction of sp³-hybridized carbons (Fsp3) is 0.586. The average molecular weight is 606 g/mol. The maximum absolute atomic E-state index is 13.5. The van der Waals surface area contributed by atoms with Gasteiger partial charge < -0.3 is 25.6 Å². The maximum Gasteiger partial charge on any atom is 0.408 e. The number of nitrogens with zero attached hydrogens (tertiary/aromatic N) is 1. The highest BCUT2D eigenvalue weighted by molar-refractivity contribution is 7.90. The molecular weight excluding hydrogens is 562 g/mol. The predicted molar refractivity (Wildman–Crippen MR) is 158 cm³/mol. The van der Waals surface area contributed by atoms with Crippen LogP contribution in [-0.4, -0.2) is 73.9 Å². The molecule has 1 saturated heterocycles. The third-order valence-corrected chi connectivity index (χ3v) is 8.82. The van der Waals surface area contributed by atoms with Gasteiger partial charge in [0.1, 0.15) is 22.1 Å². The number of anilines is 1. The summed E-state index contributed by atoms with van der Waals surface area (Å²) in [4.78, 5) is 54.0. The highest BCUT2D eigenvalue weighted by Crippen LogP contribution is 2.45. The van der Waals surface area contributed by atoms with E-state index in [1.807, 2.05) is 13.8 Å². The zero-order valence-corrected chi connectivity index (χ0v) is 26.0. The molecule has 42 heavy (non-hydrogen) atoms. The summed E-state index contributed by atoms with van der Waals surface area (Å²) in [6.45, 7) is 13.0. The molecule has 1 aliphatic heterocycles. The van der Waals surface area contributed by atoms with Crippen molar-refractivity contribution in [3.63, 3.8) is 0 Å². The Morgan fingerprint density at radius 1 is 1.19 bits per heavy atom. The van der Waals surface area contributed by atoms with Gasteiger partial charge in [0.2, 0.25) is 11.8 Å². The number of rotatable bonds is 11. The van der Waals surface area contributed by atoms with Crippen molar-refractivity contribution in [2.45, 2.75) is 88.4 Å². The van der Waals surface area contributed by atoms with Gasteiger partial charge in [0.05, 0.1) is 5.69 Å². The molecule has 3 rings (SSSR count). The lowest BCUT2D eigenvalue weighted by atomic mass is 10.0. The van der Waals surface area contributed by atoms with E-state index < -0.39 is 57.1 Å². The minimum absolute atomic E-state index is 0.0861. The van der Waals surface area contributed by atoms with Gasteiger partial charge in [-0.15, -0.1) is 6.58 Å². The molecule has 232 valence electrons. The van der Waals surface area contributed by atoms with Gasteiger partial charge in [-0.2, -0.15) is 0 Å². The van der Waals surface area contributed by atoms with Crippen LogP contribution >= 0.6 is 0 Å². The van der Waals surface area contributed by atoms with E-state index in [4.69, 9.17) is 4.74 Å². The highest BCUT2D eigenvalue weighted by Gasteiger charge is 2.60. The lowest BCUT2D eigenvalue weighted by Gasteiger charge is -2.31. The summed E-state index contributed by atoms with van der Waals surface area (Å²) in [6, 6.07) is 4.85. The van der Waals surface area contributed by atoms with Crippen molar-refractivity contribution in [2.24, 2.45) is 11.8 Å². The Kier molecular flexibility index (Phi) is 9.96. The normalized spacial score (nSPS) is 22.6. The molecule has 0 bridgehead atoms. The van der Waals surface area contributed by atoms with Gasteiger partial charge >= 0.3 is 6.09 Å². The van der Waals surface area contributed by atoms with Crippen molar-refractivity contribution < 1.29 is 32.3 Å². The molecule has 4 amide bonds. The van der Waals surface area contributed by atoms with E-state index in [2.05, 4.69) is 27.3 Å². The van der Waals surface area contributed by atoms with Gasteiger partial charge in [-0.25, -0.2) is 17.9 Å². The number of hydrogen-bond acceptors (Lipinski definition) is 8. The second-order valence-electron chi connectivity index (χ2n) is 12.1. The summed E-state index contributed by atoms with van der Waals surface area (Å²) in [5.41, 5.74) is -1.88. The molecular formula is C29H43N5O7S. The fourth-order valence-electron chi connectivity index (χ4n) is 5.19. The van der Waals surface area contributed by atoms with Crippen molar-refractivity contribution in [3.8, 4) is 0 Å². The first-order chi connectivity index (χ1) is 19.5. The van der Waals surface area contributed by atoms with Gasteiger partial charge in [-0.3, -0.25) is 14.4 Å². The average Bonchev–Trinajstić information content (AvgIpc) is 3.42. The third kappa shape index (κ3) is 7.61. The molecule has 0 spiro atoms. The summed E-state index contributed by atoms with van der Waals surface area (Å²) in [5.74, 6) is -2.35. The Balaban J connectivity index is 1.70. The predicted octanol–water partition coefficient (Wildman–Crippen LogP) is 2.52. The van der Waals surface area contributed by atoms with Gasteiger partial charge in [-0.1, -0.05) is 32.1 Å². The van der Waals surface area contributed by atoms with E-state index in [0.29, 0.717) is 25.1 Å². The summed E-state index contributed by atoms with van der Waals surface area (Å²) in [6.07, 6.45) is 2.15. The zero-order valence-electron chi connectivity index (χ0n) is 25.2. The van der Waals surface area contributed by atoms with Crippen LogP contribution in [0.5, 0.6) is 0 Å². The van der Waals surface area contributed by atoms with Gasteiger partial charge in [0, 0.05) is 32.0 Å². The molecule has 2 aliphatic rings. The quantitative estimate of drug-likeness (QED) is 0.280. The zero-order chi connectivity index (χ0) is 31.5. The molecule has 13 heteroatoms. The first kappa shape index (κ1) is 32.9. The van der Waals surface area contributed by atoms with Crippen molar-refractivity contribution in [3.05, 3.63) is 36.9 Å². The van der Waals surface area contributed by atoms with E-state index in [-0.39, 0.29) is 29.6 Å². The van der Waals surface area contributed by atoms with Crippen molar-refractivity contribution in [1.82, 2.24) is 20.3 Å². The number of hydrogen-bond donors (Lipinski definition) is 4. The Hall–Kier alpha value is -3.61. The Morgan fingerprint density at radius 3 is 2.43 bits per heavy atom. The standard InChI is InChI=1S/C29H43N5O7S/c1-8-19-17-29(19,26(37)33-42(39,40)22-14-10-9-13-21(22)30-7)32-23(35)16-20-12-11-15-34(20)25(36)24(18(2)3)31-27(38)41-28(4,5)6/h8-10,13-14,18-20,24,30H,1,11-12,15-17H2,2-7H3,(H,31,38)(H,32,35)(H,33,37)/t19-,20?,24+,29-/m1/s1. The van der Waals surface area contributed by atoms with E-state index in [1.54, 1.807) is 50.9 Å². The lowest BCUT2D eigenvalue weighted by molar-refractivity contribution is -0.137. The lowest BCUT2D eigenvalue weighted by Crippen LogP contribution is -2.55. The maximum atomic E-state index is 13.5. The minimum Gasteiger partial charge on any atom is -0.444 e. The Labute approximate surface area is 248 Å². The van der Waals surface area contributed by atoms with Crippen LogP contribution in [0.4, 0.5) is 10.5 Å². The van der Waals surface area contributed by atoms with Crippen LogP contribution < -0.4 is 20.7 Å². The highest BCUT2D eigenvalue weighted by atomic mass is 32.2. The SMILES string of the molecule is C=C[C@@H]1C[C@]1(NC(=O)CC1CCCN1C(=O)[C@@H](NC(=O)OC(C)(C)C)C(C)C)C(=O)NS(=O)(=O)c1ccccc1NC. The van der Waals surface area contributed by atoms with Gasteiger partial charge in [0.25, 0.3) is 15.9 Å². The fourth-order valence-corrected chi connectivity index (χ4v) is 6.44. The molecule has 4 atom stereocenters. The third-order valence-electron chi connectivity index (χ3n) is 7.43. The number of nitrogens with one attached hydrogen (secondary N) is 4. The van der Waals surface area contributed by atoms with Crippen LogP contribution in [0.25, 0.3) is 0 Å². The number of alkyl carbamates (subject to hydrolysis) is 1. The second-order valence-corrected chi connectivity index (χ2v) is 13.8. The molecule has 1 heterocycles. The van der Waals surface area contributed by atoms with Crippen molar-refractivity contribution >= 4 is 39.5 Å². The summed E-state index contributed by atoms with van der Waals surface area (Å²) < 4.78 is 33.5. The molecule has 0 radical (unpaired) electrons. The first-order valence-corrected chi connectivity index (χ1v) is 15.6. The molecule has 1 saturated carbocycles. The molecule has 12 nitrogen and oxygen atoms in total. The molecule has 2 fully saturated rings. The number of ether oxygens (including phenoxy) is 1. The monoisotopic (exact) mass is 605 g/mol. The van der Waals surface area contributed by atoms with Gasteiger partial charge in [-0.05, 0) is 58.1 Å². The topological polar surface area (TPSA) is 163 Å². The van der Waals surface area contributed by atoms with Crippen molar-refractivity contribution in [2.75, 3.05) is 18.9 Å². The molecule has 4 N–H and O–H groups in total. The Bertz CT molecular complexity index is 1320. The molecule has 1 aliphatic carbocycles. The number of carbonyl (C=O) groups excluding carboxylic acids is 4. The first-order valence-electron chi connectivity index (χ1n) is 14.1. The van der Waals surface area contributed by atoms with Crippen LogP contribution in [0.2, 0.25) is 0 Å². The van der Waals surface area contributed by atoms with Crippen LogP contribution in [0.15, 0.2) is 41.8 Å². The summed E-state index contributed by atoms with van der Waals surface area (Å²) >= 11 is 0. The smallest absolute Gasteiger partial charge is 0.408 e. The van der Waals surface area contributed by atoms with E-state index in [9.17, 15) is 27.6 Å². The second kappa shape index (κ2) is 12.7. The van der Waals surface area contributed by atoms with Crippen LogP contribution in [-0.2, 0) is 29.1 Å². The summed E-state index contributed by atoms with van der Waals surface area (Å²) in [5, 5.41) is 8.19. The molecule has 1 unspecified atom stereocenters. The van der Waals surface area contributed by atoms with Crippen LogP contribution in [0.3, 0.4) is 0 Å². The Morgan fingerprint density at radius 2 is 1.86 bits per heavy atom.